The summed E-state index contributed by atoms with van der Waals surface area (Å²) in [4.78, 5) is 0. The zero-order chi connectivity index (χ0) is 12.1. The van der Waals surface area contributed by atoms with Crippen molar-refractivity contribution in [2.24, 2.45) is 0 Å². The highest BCUT2D eigenvalue weighted by atomic mass is 35.5. The molecular weight excluding hydrogens is 270 g/mol. The van der Waals surface area contributed by atoms with Crippen LogP contribution in [0.25, 0.3) is 0 Å². The molecule has 0 aliphatic heterocycles. The Morgan fingerprint density at radius 2 is 1.67 bits per heavy atom. The van der Waals surface area contributed by atoms with Gasteiger partial charge in [0.1, 0.15) is 5.03 Å². The van der Waals surface area contributed by atoms with E-state index in [2.05, 4.69) is 0 Å². The van der Waals surface area contributed by atoms with E-state index in [9.17, 15) is 12.3 Å². The maximum absolute atomic E-state index is 12.5. The molecule has 0 fully saturated rings. The molecular formula is C7H11Cl2FO4S. The second kappa shape index (κ2) is 6.65. The summed E-state index contributed by atoms with van der Waals surface area (Å²) in [6, 6.07) is 0. The second-order valence-corrected chi connectivity index (χ2v) is 4.60. The van der Waals surface area contributed by atoms with Crippen molar-refractivity contribution in [2.45, 2.75) is 20.1 Å². The molecule has 0 amide bonds. The summed E-state index contributed by atoms with van der Waals surface area (Å²) >= 11 is 10.7. The first kappa shape index (κ1) is 15.1. The predicted molar refractivity (Wildman–Crippen MR) is 55.8 cm³/mol. The third-order valence-electron chi connectivity index (χ3n) is 1.24. The van der Waals surface area contributed by atoms with Gasteiger partial charge in [-0.15, -0.1) is 0 Å². The normalized spacial score (nSPS) is 14.3. The first-order valence-corrected chi connectivity index (χ1v) is 6.21. The van der Waals surface area contributed by atoms with Crippen LogP contribution in [0, 0.1) is 0 Å². The molecule has 0 heterocycles. The molecule has 0 aromatic heterocycles. The minimum atomic E-state index is -5.03. The topological polar surface area (TPSA) is 52.6 Å². The van der Waals surface area contributed by atoms with Crippen LogP contribution in [-0.4, -0.2) is 27.9 Å². The van der Waals surface area contributed by atoms with Crippen molar-refractivity contribution < 1.29 is 21.8 Å². The van der Waals surface area contributed by atoms with Crippen molar-refractivity contribution in [1.29, 1.82) is 0 Å². The first-order chi connectivity index (χ1) is 6.84. The van der Waals surface area contributed by atoms with Crippen LogP contribution in [0.15, 0.2) is 9.40 Å². The maximum Gasteiger partial charge on any atom is 0.344 e. The minimum Gasteiger partial charge on any atom is -0.348 e. The molecule has 0 atom stereocenters. The van der Waals surface area contributed by atoms with E-state index >= 15 is 0 Å². The Balaban J connectivity index is 4.97. The lowest BCUT2D eigenvalue weighted by molar-refractivity contribution is -0.106. The molecule has 0 aromatic rings. The Bertz CT molecular complexity index is 322. The van der Waals surface area contributed by atoms with Gasteiger partial charge in [-0.3, -0.25) is 0 Å². The van der Waals surface area contributed by atoms with Crippen LogP contribution in [0.3, 0.4) is 0 Å². The summed E-state index contributed by atoms with van der Waals surface area (Å²) in [6.07, 6.45) is -1.17. The third kappa shape index (κ3) is 5.12. The zero-order valence-corrected chi connectivity index (χ0v) is 10.5. The predicted octanol–water partition coefficient (Wildman–Crippen LogP) is 2.33. The van der Waals surface area contributed by atoms with Crippen LogP contribution in [0.2, 0.25) is 0 Å². The van der Waals surface area contributed by atoms with Crippen molar-refractivity contribution in [3.63, 3.8) is 0 Å². The van der Waals surface area contributed by atoms with Crippen LogP contribution in [0.5, 0.6) is 0 Å². The van der Waals surface area contributed by atoms with E-state index in [1.165, 1.54) is 0 Å². The summed E-state index contributed by atoms with van der Waals surface area (Å²) in [6.45, 7) is 3.73. The summed E-state index contributed by atoms with van der Waals surface area (Å²) in [5, 5.41) is -0.525. The van der Waals surface area contributed by atoms with Gasteiger partial charge in [0.2, 0.25) is 0 Å². The molecule has 90 valence electrons. The fourth-order valence-corrected chi connectivity index (χ4v) is 1.53. The SMILES string of the molecule is CCOC(OCC)/C(Cl)=C(\Cl)S(=O)(=O)F. The van der Waals surface area contributed by atoms with Crippen molar-refractivity contribution in [3.05, 3.63) is 9.40 Å². The molecule has 4 nitrogen and oxygen atoms in total. The average molecular weight is 281 g/mol. The van der Waals surface area contributed by atoms with Gasteiger partial charge < -0.3 is 9.47 Å². The lowest BCUT2D eigenvalue weighted by Crippen LogP contribution is -2.19. The van der Waals surface area contributed by atoms with Gasteiger partial charge in [0.05, 0.1) is 0 Å². The van der Waals surface area contributed by atoms with Crippen molar-refractivity contribution in [1.82, 2.24) is 0 Å². The molecule has 0 aromatic carbocycles. The lowest BCUT2D eigenvalue weighted by Gasteiger charge is -2.16. The fourth-order valence-electron chi connectivity index (χ4n) is 0.706. The standard InChI is InChI=1S/C7H11Cl2FO4S/c1-3-13-7(14-4-2)5(8)6(9)15(10,11)12/h7H,3-4H2,1-2H3/b6-5-. The van der Waals surface area contributed by atoms with E-state index in [0.29, 0.717) is 0 Å². The number of ether oxygens (including phenoxy) is 2. The Labute approximate surface area is 98.2 Å². The van der Waals surface area contributed by atoms with Crippen LogP contribution in [0.4, 0.5) is 3.89 Å². The number of hydrogen-bond acceptors (Lipinski definition) is 4. The summed E-state index contributed by atoms with van der Waals surface area (Å²) < 4.78 is 42.1. The average Bonchev–Trinajstić information content (AvgIpc) is 2.14. The van der Waals surface area contributed by atoms with Gasteiger partial charge in [0.15, 0.2) is 10.7 Å². The van der Waals surface area contributed by atoms with Gasteiger partial charge >= 0.3 is 10.2 Å². The van der Waals surface area contributed by atoms with Crippen LogP contribution < -0.4 is 0 Å². The fraction of sp³-hybridized carbons (Fsp3) is 0.714. The van der Waals surface area contributed by atoms with E-state index in [4.69, 9.17) is 32.7 Å². The quantitative estimate of drug-likeness (QED) is 0.554. The van der Waals surface area contributed by atoms with Crippen molar-refractivity contribution in [3.8, 4) is 0 Å². The Kier molecular flexibility index (Phi) is 6.70. The molecule has 0 saturated heterocycles. The third-order valence-corrected chi connectivity index (χ3v) is 3.23. The van der Waals surface area contributed by atoms with E-state index in [1.54, 1.807) is 13.8 Å². The highest BCUT2D eigenvalue weighted by molar-refractivity contribution is 7.92. The second-order valence-electron chi connectivity index (χ2n) is 2.30. The van der Waals surface area contributed by atoms with E-state index < -0.39 is 25.9 Å². The highest BCUT2D eigenvalue weighted by Crippen LogP contribution is 2.26. The number of halogens is 3. The summed E-state index contributed by atoms with van der Waals surface area (Å²) in [5.41, 5.74) is 0. The minimum absolute atomic E-state index is 0.220. The van der Waals surface area contributed by atoms with Crippen LogP contribution in [-0.2, 0) is 19.7 Å². The van der Waals surface area contributed by atoms with Gasteiger partial charge in [-0.05, 0) is 13.8 Å². The molecule has 0 saturated carbocycles. The molecule has 0 bridgehead atoms. The van der Waals surface area contributed by atoms with E-state index in [-0.39, 0.29) is 13.2 Å². The number of rotatable bonds is 6. The Morgan fingerprint density at radius 1 is 1.27 bits per heavy atom. The largest absolute Gasteiger partial charge is 0.348 e. The van der Waals surface area contributed by atoms with Gasteiger partial charge in [-0.2, -0.15) is 8.42 Å². The van der Waals surface area contributed by atoms with Gasteiger partial charge in [0, 0.05) is 13.2 Å². The summed E-state index contributed by atoms with van der Waals surface area (Å²) in [7, 11) is -5.03. The molecule has 0 spiro atoms. The van der Waals surface area contributed by atoms with Gasteiger partial charge in [0.25, 0.3) is 0 Å². The molecule has 0 N–H and O–H groups in total. The maximum atomic E-state index is 12.5. The molecule has 8 heteroatoms. The van der Waals surface area contributed by atoms with Crippen molar-refractivity contribution >= 4 is 33.4 Å². The molecule has 0 rings (SSSR count). The monoisotopic (exact) mass is 280 g/mol. The smallest absolute Gasteiger partial charge is 0.344 e. The zero-order valence-electron chi connectivity index (χ0n) is 8.17. The molecule has 15 heavy (non-hydrogen) atoms. The highest BCUT2D eigenvalue weighted by Gasteiger charge is 2.25. The molecule has 0 unspecified atom stereocenters. The number of hydrogen-bond donors (Lipinski definition) is 0. The van der Waals surface area contributed by atoms with Gasteiger partial charge in [-0.25, -0.2) is 0 Å². The van der Waals surface area contributed by atoms with Crippen molar-refractivity contribution in [2.75, 3.05) is 13.2 Å². The van der Waals surface area contributed by atoms with Gasteiger partial charge in [-0.1, -0.05) is 27.1 Å². The first-order valence-electron chi connectivity index (χ1n) is 4.07. The van der Waals surface area contributed by atoms with Crippen LogP contribution >= 0.6 is 23.2 Å². The molecule has 0 radical (unpaired) electrons. The molecule has 0 aliphatic rings. The van der Waals surface area contributed by atoms with E-state index in [0.717, 1.165) is 0 Å². The summed E-state index contributed by atoms with van der Waals surface area (Å²) in [5.74, 6) is 0. The Hall–Kier alpha value is 0.120. The lowest BCUT2D eigenvalue weighted by atomic mass is 10.6. The van der Waals surface area contributed by atoms with E-state index in [1.807, 2.05) is 0 Å². The molecule has 0 aliphatic carbocycles. The Morgan fingerprint density at radius 3 is 1.93 bits per heavy atom. The van der Waals surface area contributed by atoms with Crippen LogP contribution in [0.1, 0.15) is 13.8 Å².